The molecule has 1 aromatic heterocycles. The first-order valence-corrected chi connectivity index (χ1v) is 11.5. The van der Waals surface area contributed by atoms with Gasteiger partial charge in [-0.2, -0.15) is 0 Å². The van der Waals surface area contributed by atoms with E-state index >= 15 is 0 Å². The molecule has 168 valence electrons. The number of hydrogen-bond donors (Lipinski definition) is 2. The molecule has 0 unspecified atom stereocenters. The second kappa shape index (κ2) is 8.65. The van der Waals surface area contributed by atoms with Gasteiger partial charge in [-0.25, -0.2) is 4.79 Å². The van der Waals surface area contributed by atoms with Crippen LogP contribution in [-0.2, 0) is 6.42 Å². The summed E-state index contributed by atoms with van der Waals surface area (Å²) in [5.41, 5.74) is 5.82. The third-order valence-corrected chi connectivity index (χ3v) is 6.85. The van der Waals surface area contributed by atoms with E-state index in [9.17, 15) is 4.79 Å². The normalized spacial score (nSPS) is 15.4. The Labute approximate surface area is 202 Å². The average molecular weight is 480 g/mol. The SMILES string of the molecule is COc1ccc([C@@H]2c3[nH]c4ccc(Cl)cc4c3CCN2C(=O)Nc2ccc(C)c(Cl)c2)cc1. The van der Waals surface area contributed by atoms with Crippen LogP contribution in [-0.4, -0.2) is 29.6 Å². The van der Waals surface area contributed by atoms with E-state index in [0.717, 1.165) is 39.9 Å². The van der Waals surface area contributed by atoms with Crippen LogP contribution in [0.2, 0.25) is 10.0 Å². The third kappa shape index (κ3) is 4.03. The minimum Gasteiger partial charge on any atom is -0.497 e. The number of fused-ring (bicyclic) bond motifs is 3. The minimum atomic E-state index is -0.285. The fourth-order valence-corrected chi connectivity index (χ4v) is 4.83. The number of amides is 2. The summed E-state index contributed by atoms with van der Waals surface area (Å²) >= 11 is 12.6. The number of carbonyl (C=O) groups excluding carboxylic acids is 1. The summed E-state index contributed by atoms with van der Waals surface area (Å²) in [5.74, 6) is 0.767. The zero-order valence-electron chi connectivity index (χ0n) is 18.3. The van der Waals surface area contributed by atoms with Gasteiger partial charge in [0.15, 0.2) is 0 Å². The number of carbonyl (C=O) groups is 1. The number of hydrogen-bond acceptors (Lipinski definition) is 2. The van der Waals surface area contributed by atoms with Crippen LogP contribution in [0.1, 0.15) is 28.4 Å². The van der Waals surface area contributed by atoms with Gasteiger partial charge in [0, 0.05) is 38.9 Å². The topological polar surface area (TPSA) is 57.4 Å². The summed E-state index contributed by atoms with van der Waals surface area (Å²) in [6.07, 6.45) is 0.727. The Hall–Kier alpha value is -3.15. The van der Waals surface area contributed by atoms with E-state index in [4.69, 9.17) is 27.9 Å². The zero-order valence-corrected chi connectivity index (χ0v) is 19.8. The van der Waals surface area contributed by atoms with E-state index in [1.165, 1.54) is 5.56 Å². The highest BCUT2D eigenvalue weighted by molar-refractivity contribution is 6.31. The number of aryl methyl sites for hydroxylation is 1. The number of anilines is 1. The fraction of sp³-hybridized carbons (Fsp3) is 0.192. The predicted molar refractivity (Wildman–Crippen MR) is 134 cm³/mol. The van der Waals surface area contributed by atoms with Gasteiger partial charge in [-0.15, -0.1) is 0 Å². The van der Waals surface area contributed by atoms with Crippen LogP contribution in [0.5, 0.6) is 5.75 Å². The second-order valence-electron chi connectivity index (χ2n) is 8.22. The van der Waals surface area contributed by atoms with Crippen LogP contribution < -0.4 is 10.1 Å². The fourth-order valence-electron chi connectivity index (χ4n) is 4.48. The van der Waals surface area contributed by atoms with Crippen LogP contribution in [0.3, 0.4) is 0 Å². The zero-order chi connectivity index (χ0) is 23.1. The molecule has 5 rings (SSSR count). The molecule has 0 saturated heterocycles. The number of halogens is 2. The van der Waals surface area contributed by atoms with E-state index in [1.54, 1.807) is 13.2 Å². The largest absolute Gasteiger partial charge is 0.497 e. The van der Waals surface area contributed by atoms with Crippen molar-refractivity contribution >= 4 is 45.8 Å². The summed E-state index contributed by atoms with van der Waals surface area (Å²) in [6.45, 7) is 2.50. The Balaban J connectivity index is 1.57. The van der Waals surface area contributed by atoms with E-state index < -0.39 is 0 Å². The van der Waals surface area contributed by atoms with Gasteiger partial charge >= 0.3 is 6.03 Å². The van der Waals surface area contributed by atoms with Crippen molar-refractivity contribution in [3.05, 3.63) is 93.1 Å². The van der Waals surface area contributed by atoms with Crippen molar-refractivity contribution in [3.8, 4) is 5.75 Å². The molecule has 0 spiro atoms. The quantitative estimate of drug-likeness (QED) is 0.333. The highest BCUT2D eigenvalue weighted by atomic mass is 35.5. The summed E-state index contributed by atoms with van der Waals surface area (Å²) in [7, 11) is 1.64. The maximum Gasteiger partial charge on any atom is 0.322 e. The Morgan fingerprint density at radius 1 is 1.09 bits per heavy atom. The lowest BCUT2D eigenvalue weighted by Crippen LogP contribution is -2.43. The highest BCUT2D eigenvalue weighted by Crippen LogP contribution is 2.39. The average Bonchev–Trinajstić information content (AvgIpc) is 3.18. The molecule has 0 fully saturated rings. The smallest absolute Gasteiger partial charge is 0.322 e. The van der Waals surface area contributed by atoms with Crippen LogP contribution in [0.15, 0.2) is 60.7 Å². The molecule has 0 radical (unpaired) electrons. The molecule has 4 aromatic rings. The number of methoxy groups -OCH3 is 1. The first-order chi connectivity index (χ1) is 15.9. The molecule has 7 heteroatoms. The lowest BCUT2D eigenvalue weighted by atomic mass is 9.92. The maximum atomic E-state index is 13.5. The molecule has 2 N–H and O–H groups in total. The molecule has 0 aliphatic carbocycles. The molecule has 33 heavy (non-hydrogen) atoms. The van der Waals surface area contributed by atoms with E-state index in [0.29, 0.717) is 22.3 Å². The van der Waals surface area contributed by atoms with Crippen molar-refractivity contribution in [2.45, 2.75) is 19.4 Å². The van der Waals surface area contributed by atoms with Crippen molar-refractivity contribution in [2.24, 2.45) is 0 Å². The van der Waals surface area contributed by atoms with Gasteiger partial charge in [0.25, 0.3) is 0 Å². The predicted octanol–water partition coefficient (Wildman–Crippen LogP) is 6.97. The molecule has 1 aliphatic heterocycles. The lowest BCUT2D eigenvalue weighted by Gasteiger charge is -2.36. The summed E-state index contributed by atoms with van der Waals surface area (Å²) < 4.78 is 5.33. The Kier molecular flexibility index (Phi) is 5.69. The molecule has 0 saturated carbocycles. The minimum absolute atomic E-state index is 0.182. The molecular formula is C26H23Cl2N3O2. The number of aromatic amines is 1. The first kappa shape index (κ1) is 21.7. The van der Waals surface area contributed by atoms with Crippen molar-refractivity contribution < 1.29 is 9.53 Å². The number of nitrogens with zero attached hydrogens (tertiary/aromatic N) is 1. The van der Waals surface area contributed by atoms with Crippen LogP contribution >= 0.6 is 23.2 Å². The molecule has 2 heterocycles. The molecular weight excluding hydrogens is 457 g/mol. The van der Waals surface area contributed by atoms with Crippen LogP contribution in [0, 0.1) is 6.92 Å². The number of benzene rings is 3. The van der Waals surface area contributed by atoms with Crippen molar-refractivity contribution in [2.75, 3.05) is 19.0 Å². The Morgan fingerprint density at radius 3 is 2.61 bits per heavy atom. The molecule has 2 amide bonds. The Morgan fingerprint density at radius 2 is 1.88 bits per heavy atom. The van der Waals surface area contributed by atoms with Crippen molar-refractivity contribution in [1.29, 1.82) is 0 Å². The molecule has 3 aromatic carbocycles. The van der Waals surface area contributed by atoms with Gasteiger partial charge in [-0.3, -0.25) is 0 Å². The molecule has 5 nitrogen and oxygen atoms in total. The Bertz CT molecular complexity index is 1350. The molecule has 1 atom stereocenters. The number of urea groups is 1. The number of ether oxygens (including phenoxy) is 1. The van der Waals surface area contributed by atoms with Crippen molar-refractivity contribution in [1.82, 2.24) is 9.88 Å². The van der Waals surface area contributed by atoms with E-state index in [1.807, 2.05) is 66.4 Å². The molecule has 1 aliphatic rings. The second-order valence-corrected chi connectivity index (χ2v) is 9.06. The van der Waals surface area contributed by atoms with Gasteiger partial charge in [-0.05, 0) is 72.5 Å². The summed E-state index contributed by atoms with van der Waals surface area (Å²) in [5, 5.41) is 5.43. The number of aromatic nitrogens is 1. The molecule has 0 bridgehead atoms. The number of nitrogens with one attached hydrogen (secondary N) is 2. The number of rotatable bonds is 3. The summed E-state index contributed by atoms with van der Waals surface area (Å²) in [4.78, 5) is 18.9. The first-order valence-electron chi connectivity index (χ1n) is 10.7. The van der Waals surface area contributed by atoms with Gasteiger partial charge in [0.05, 0.1) is 13.2 Å². The van der Waals surface area contributed by atoms with Crippen LogP contribution in [0.4, 0.5) is 10.5 Å². The van der Waals surface area contributed by atoms with Gasteiger partial charge < -0.3 is 19.9 Å². The maximum absolute atomic E-state index is 13.5. The lowest BCUT2D eigenvalue weighted by molar-refractivity contribution is 0.193. The van der Waals surface area contributed by atoms with Gasteiger partial charge in [0.2, 0.25) is 0 Å². The van der Waals surface area contributed by atoms with Gasteiger partial charge in [-0.1, -0.05) is 41.4 Å². The van der Waals surface area contributed by atoms with E-state index in [-0.39, 0.29) is 12.1 Å². The highest BCUT2D eigenvalue weighted by Gasteiger charge is 2.34. The van der Waals surface area contributed by atoms with Crippen molar-refractivity contribution in [3.63, 3.8) is 0 Å². The van der Waals surface area contributed by atoms with Gasteiger partial charge in [0.1, 0.15) is 5.75 Å². The monoisotopic (exact) mass is 479 g/mol. The standard InChI is InChI=1S/C26H23Cl2N3O2/c1-15-3-7-18(14-22(15)28)29-26(32)31-12-11-20-21-13-17(27)6-10-23(21)30-24(20)25(31)16-4-8-19(33-2)9-5-16/h3-10,13-14,25,30H,11-12H2,1-2H3,(H,29,32)/t25-/m1/s1. The number of H-pyrrole nitrogens is 1. The van der Waals surface area contributed by atoms with E-state index in [2.05, 4.69) is 10.3 Å². The third-order valence-electron chi connectivity index (χ3n) is 6.20. The summed E-state index contributed by atoms with van der Waals surface area (Å²) in [6, 6.07) is 18.7. The van der Waals surface area contributed by atoms with Crippen LogP contribution in [0.25, 0.3) is 10.9 Å².